The number of carbonyl (C=O) groups excluding carboxylic acids is 1. The Morgan fingerprint density at radius 3 is 3.05 bits per heavy atom. The molecule has 0 unspecified atom stereocenters. The SMILES string of the molecule is C[C@@H]1[C@@H](O)CCCN1C(=O)Cn1cc([N+](=O)[O-])cn1. The molecule has 104 valence electrons. The second kappa shape index (κ2) is 5.35. The molecular formula is C11H16N4O4. The van der Waals surface area contributed by atoms with Crippen LogP contribution in [0.4, 0.5) is 5.69 Å². The van der Waals surface area contributed by atoms with Crippen LogP contribution in [-0.4, -0.2) is 49.3 Å². The van der Waals surface area contributed by atoms with Gasteiger partial charge in [0, 0.05) is 6.54 Å². The molecule has 1 aliphatic rings. The quantitative estimate of drug-likeness (QED) is 0.621. The Balaban J connectivity index is 2.01. The van der Waals surface area contributed by atoms with Gasteiger partial charge in [0.15, 0.2) is 0 Å². The number of carbonyl (C=O) groups is 1. The van der Waals surface area contributed by atoms with Crippen LogP contribution in [0.2, 0.25) is 0 Å². The number of rotatable bonds is 3. The largest absolute Gasteiger partial charge is 0.391 e. The van der Waals surface area contributed by atoms with Gasteiger partial charge in [-0.2, -0.15) is 5.10 Å². The molecule has 1 amide bonds. The Bertz CT molecular complexity index is 487. The normalized spacial score (nSPS) is 23.4. The summed E-state index contributed by atoms with van der Waals surface area (Å²) in [6.07, 6.45) is 3.28. The predicted molar refractivity (Wildman–Crippen MR) is 65.3 cm³/mol. The highest BCUT2D eigenvalue weighted by atomic mass is 16.6. The lowest BCUT2D eigenvalue weighted by molar-refractivity contribution is -0.385. The lowest BCUT2D eigenvalue weighted by atomic mass is 10.0. The Labute approximate surface area is 109 Å². The Morgan fingerprint density at radius 2 is 2.42 bits per heavy atom. The van der Waals surface area contributed by atoms with Crippen LogP contribution in [0, 0.1) is 10.1 Å². The minimum absolute atomic E-state index is 0.0507. The molecule has 1 saturated heterocycles. The number of amides is 1. The molecule has 0 spiro atoms. The van der Waals surface area contributed by atoms with Crippen molar-refractivity contribution in [1.29, 1.82) is 0 Å². The molecule has 19 heavy (non-hydrogen) atoms. The van der Waals surface area contributed by atoms with Crippen molar-refractivity contribution >= 4 is 11.6 Å². The van der Waals surface area contributed by atoms with Crippen molar-refractivity contribution in [2.45, 2.75) is 38.5 Å². The van der Waals surface area contributed by atoms with Crippen molar-refractivity contribution in [1.82, 2.24) is 14.7 Å². The molecule has 1 aromatic heterocycles. The van der Waals surface area contributed by atoms with Crippen molar-refractivity contribution in [3.63, 3.8) is 0 Å². The molecule has 1 aromatic rings. The first kappa shape index (κ1) is 13.5. The van der Waals surface area contributed by atoms with Crippen LogP contribution in [-0.2, 0) is 11.3 Å². The summed E-state index contributed by atoms with van der Waals surface area (Å²) in [5.74, 6) is -0.191. The third-order valence-electron chi connectivity index (χ3n) is 3.40. The van der Waals surface area contributed by atoms with Crippen LogP contribution in [0.5, 0.6) is 0 Å². The predicted octanol–water partition coefficient (Wildman–Crippen LogP) is 0.163. The van der Waals surface area contributed by atoms with E-state index >= 15 is 0 Å². The molecule has 1 aliphatic heterocycles. The fraction of sp³-hybridized carbons (Fsp3) is 0.636. The standard InChI is InChI=1S/C11H16N4O4/c1-8-10(16)3-2-4-14(8)11(17)7-13-6-9(5-12-13)15(18)19/h5-6,8,10,16H,2-4,7H2,1H3/t8-,10+/m1/s1. The van der Waals surface area contributed by atoms with Crippen LogP contribution in [0.1, 0.15) is 19.8 Å². The van der Waals surface area contributed by atoms with Crippen LogP contribution >= 0.6 is 0 Å². The van der Waals surface area contributed by atoms with Crippen molar-refractivity contribution in [3.05, 3.63) is 22.5 Å². The molecular weight excluding hydrogens is 252 g/mol. The summed E-state index contributed by atoms with van der Waals surface area (Å²) in [6.45, 7) is 2.35. The van der Waals surface area contributed by atoms with Crippen LogP contribution in [0.3, 0.4) is 0 Å². The molecule has 1 N–H and O–H groups in total. The maximum atomic E-state index is 12.1. The molecule has 0 aliphatic carbocycles. The molecule has 1 fully saturated rings. The summed E-state index contributed by atoms with van der Waals surface area (Å²) in [7, 11) is 0. The first-order valence-corrected chi connectivity index (χ1v) is 6.13. The smallest absolute Gasteiger partial charge is 0.307 e. The Hall–Kier alpha value is -1.96. The molecule has 0 bridgehead atoms. The second-order valence-electron chi connectivity index (χ2n) is 4.69. The zero-order valence-corrected chi connectivity index (χ0v) is 10.6. The third-order valence-corrected chi connectivity index (χ3v) is 3.40. The van der Waals surface area contributed by atoms with Gasteiger partial charge < -0.3 is 10.0 Å². The summed E-state index contributed by atoms with van der Waals surface area (Å²) in [6, 6.07) is -0.230. The van der Waals surface area contributed by atoms with Crippen molar-refractivity contribution in [3.8, 4) is 0 Å². The summed E-state index contributed by atoms with van der Waals surface area (Å²) in [5, 5.41) is 24.0. The van der Waals surface area contributed by atoms with Gasteiger partial charge in [0.25, 0.3) is 0 Å². The molecule has 0 saturated carbocycles. The average Bonchev–Trinajstić information content (AvgIpc) is 2.81. The number of hydrogen-bond donors (Lipinski definition) is 1. The van der Waals surface area contributed by atoms with Gasteiger partial charge in [0.2, 0.25) is 5.91 Å². The van der Waals surface area contributed by atoms with E-state index in [0.29, 0.717) is 13.0 Å². The molecule has 8 heteroatoms. The Morgan fingerprint density at radius 1 is 1.68 bits per heavy atom. The van der Waals surface area contributed by atoms with E-state index in [9.17, 15) is 20.0 Å². The van der Waals surface area contributed by atoms with Gasteiger partial charge in [-0.25, -0.2) is 0 Å². The number of aliphatic hydroxyl groups excluding tert-OH is 1. The summed E-state index contributed by atoms with van der Waals surface area (Å²) < 4.78 is 1.24. The van der Waals surface area contributed by atoms with Gasteiger partial charge in [-0.1, -0.05) is 0 Å². The fourth-order valence-electron chi connectivity index (χ4n) is 2.24. The molecule has 8 nitrogen and oxygen atoms in total. The summed E-state index contributed by atoms with van der Waals surface area (Å²) in [4.78, 5) is 23.7. The number of nitrogens with zero attached hydrogens (tertiary/aromatic N) is 4. The highest BCUT2D eigenvalue weighted by molar-refractivity contribution is 5.76. The van der Waals surface area contributed by atoms with Crippen LogP contribution in [0.15, 0.2) is 12.4 Å². The van der Waals surface area contributed by atoms with Crippen LogP contribution in [0.25, 0.3) is 0 Å². The van der Waals surface area contributed by atoms with Gasteiger partial charge in [0.05, 0.1) is 17.1 Å². The van der Waals surface area contributed by atoms with E-state index < -0.39 is 11.0 Å². The topological polar surface area (TPSA) is 102 Å². The van der Waals surface area contributed by atoms with E-state index in [2.05, 4.69) is 5.10 Å². The van der Waals surface area contributed by atoms with Crippen LogP contribution < -0.4 is 0 Å². The highest BCUT2D eigenvalue weighted by Gasteiger charge is 2.29. The van der Waals surface area contributed by atoms with E-state index in [0.717, 1.165) is 12.6 Å². The van der Waals surface area contributed by atoms with Gasteiger partial charge in [-0.05, 0) is 19.8 Å². The van der Waals surface area contributed by atoms with Gasteiger partial charge in [-0.3, -0.25) is 19.6 Å². The average molecular weight is 268 g/mol. The van der Waals surface area contributed by atoms with E-state index in [1.165, 1.54) is 10.9 Å². The van der Waals surface area contributed by atoms with E-state index in [1.54, 1.807) is 11.8 Å². The van der Waals surface area contributed by atoms with E-state index in [1.807, 2.05) is 0 Å². The van der Waals surface area contributed by atoms with Crippen molar-refractivity contribution in [2.24, 2.45) is 0 Å². The highest BCUT2D eigenvalue weighted by Crippen LogP contribution is 2.18. The second-order valence-corrected chi connectivity index (χ2v) is 4.69. The number of piperidine rings is 1. The first-order chi connectivity index (χ1) is 8.99. The zero-order chi connectivity index (χ0) is 14.0. The molecule has 2 heterocycles. The minimum atomic E-state index is -0.554. The lowest BCUT2D eigenvalue weighted by Gasteiger charge is -2.36. The zero-order valence-electron chi connectivity index (χ0n) is 10.6. The monoisotopic (exact) mass is 268 g/mol. The minimum Gasteiger partial charge on any atom is -0.391 e. The van der Waals surface area contributed by atoms with E-state index in [-0.39, 0.29) is 24.2 Å². The maximum Gasteiger partial charge on any atom is 0.307 e. The first-order valence-electron chi connectivity index (χ1n) is 6.13. The molecule has 0 aromatic carbocycles. The van der Waals surface area contributed by atoms with Gasteiger partial charge >= 0.3 is 5.69 Å². The number of aromatic nitrogens is 2. The van der Waals surface area contributed by atoms with Gasteiger partial charge in [0.1, 0.15) is 18.9 Å². The number of hydrogen-bond acceptors (Lipinski definition) is 5. The van der Waals surface area contributed by atoms with Gasteiger partial charge in [-0.15, -0.1) is 0 Å². The number of nitro groups is 1. The maximum absolute atomic E-state index is 12.1. The lowest BCUT2D eigenvalue weighted by Crippen LogP contribution is -2.50. The Kier molecular flexibility index (Phi) is 3.79. The molecule has 0 radical (unpaired) electrons. The summed E-state index contributed by atoms with van der Waals surface area (Å²) in [5.41, 5.74) is -0.139. The fourth-order valence-corrected chi connectivity index (χ4v) is 2.24. The third kappa shape index (κ3) is 2.90. The number of likely N-dealkylation sites (tertiary alicyclic amines) is 1. The molecule has 2 rings (SSSR count). The number of aliphatic hydroxyl groups is 1. The summed E-state index contributed by atoms with van der Waals surface area (Å²) >= 11 is 0. The van der Waals surface area contributed by atoms with Crippen molar-refractivity contribution < 1.29 is 14.8 Å². The van der Waals surface area contributed by atoms with Crippen molar-refractivity contribution in [2.75, 3.05) is 6.54 Å². The molecule has 2 atom stereocenters. The van der Waals surface area contributed by atoms with E-state index in [4.69, 9.17) is 0 Å².